The lowest BCUT2D eigenvalue weighted by molar-refractivity contribution is -0.160. The molecule has 2 aliphatic heterocycles. The first kappa shape index (κ1) is 20.7. The third-order valence-electron chi connectivity index (χ3n) is 4.15. The number of carbonyl (C=O) groups is 2. The highest BCUT2D eigenvalue weighted by molar-refractivity contribution is 8.03. The molecular weight excluding hydrogens is 388 g/mol. The largest absolute Gasteiger partial charge is 0.484 e. The first-order valence-electron chi connectivity index (χ1n) is 7.70. The van der Waals surface area contributed by atoms with Crippen LogP contribution in [0.3, 0.4) is 0 Å². The summed E-state index contributed by atoms with van der Waals surface area (Å²) in [7, 11) is -3.20. The first-order valence-corrected chi connectivity index (χ1v) is 10.0. The van der Waals surface area contributed by atoms with Crippen LogP contribution in [0.5, 0.6) is 0 Å². The maximum Gasteiger partial charge on any atom is 0.397 e. The molecule has 26 heavy (non-hydrogen) atoms. The number of carboxylic acids is 1. The molecular formula is C14H20N2O8S2. The second kappa shape index (κ2) is 7.94. The monoisotopic (exact) mass is 408 g/mol. The number of fused-ring (bicyclic) bond motifs is 1. The van der Waals surface area contributed by atoms with E-state index in [1.165, 1.54) is 25.8 Å². The lowest BCUT2D eigenvalue weighted by Crippen LogP contribution is -2.62. The highest BCUT2D eigenvalue weighted by Crippen LogP contribution is 2.47. The van der Waals surface area contributed by atoms with Gasteiger partial charge in [-0.25, -0.2) is 8.98 Å². The van der Waals surface area contributed by atoms with Crippen molar-refractivity contribution in [2.75, 3.05) is 19.4 Å². The minimum atomic E-state index is -4.70. The summed E-state index contributed by atoms with van der Waals surface area (Å²) in [5.41, 5.74) is -0.0900. The molecule has 0 spiro atoms. The number of thioether (sulfide) groups is 1. The van der Waals surface area contributed by atoms with Crippen molar-refractivity contribution >= 4 is 39.9 Å². The van der Waals surface area contributed by atoms with Gasteiger partial charge in [-0.3, -0.25) is 14.3 Å². The molecule has 12 heteroatoms. The minimum Gasteiger partial charge on any atom is -0.484 e. The number of methoxy groups -OCH3 is 1. The SMILES string of the molecule is COC(C)=NCCSC1=C(C(=O)O)N2C(=O)[C@@H]([C@H](C)OS(=O)(=O)O)[C@H]2C1. The Bertz CT molecular complexity index is 761. The Morgan fingerprint density at radius 1 is 1.50 bits per heavy atom. The van der Waals surface area contributed by atoms with Crippen LogP contribution in [0, 0.1) is 5.92 Å². The first-order chi connectivity index (χ1) is 12.1. The van der Waals surface area contributed by atoms with E-state index in [0.717, 1.165) is 4.90 Å². The van der Waals surface area contributed by atoms with Crippen LogP contribution in [0.4, 0.5) is 0 Å². The average molecular weight is 408 g/mol. The number of aliphatic carboxylic acids is 1. The Hall–Kier alpha value is -1.63. The third kappa shape index (κ3) is 4.37. The summed E-state index contributed by atoms with van der Waals surface area (Å²) in [6.45, 7) is 3.47. The number of β-lactam (4-membered cyclic amide) rings is 1. The Kier molecular flexibility index (Phi) is 6.32. The fourth-order valence-corrected chi connectivity index (χ4v) is 4.58. The van der Waals surface area contributed by atoms with Gasteiger partial charge in [0.25, 0.3) is 0 Å². The predicted octanol–water partition coefficient (Wildman–Crippen LogP) is 0.519. The molecule has 2 heterocycles. The van der Waals surface area contributed by atoms with Gasteiger partial charge in [0.05, 0.1) is 31.7 Å². The van der Waals surface area contributed by atoms with Gasteiger partial charge in [0.1, 0.15) is 5.70 Å². The van der Waals surface area contributed by atoms with E-state index in [1.807, 2.05) is 0 Å². The highest BCUT2D eigenvalue weighted by Gasteiger charge is 2.57. The van der Waals surface area contributed by atoms with Crippen LogP contribution in [0.1, 0.15) is 20.3 Å². The molecule has 146 valence electrons. The van der Waals surface area contributed by atoms with Crippen LogP contribution in [-0.2, 0) is 28.9 Å². The van der Waals surface area contributed by atoms with E-state index in [0.29, 0.717) is 23.1 Å². The Morgan fingerprint density at radius 3 is 2.69 bits per heavy atom. The maximum absolute atomic E-state index is 12.3. The van der Waals surface area contributed by atoms with Gasteiger partial charge >= 0.3 is 16.4 Å². The molecule has 0 aromatic heterocycles. The van der Waals surface area contributed by atoms with Crippen molar-refractivity contribution in [1.82, 2.24) is 4.90 Å². The summed E-state index contributed by atoms with van der Waals surface area (Å²) in [5, 5.41) is 9.44. The normalized spacial score (nSPS) is 24.4. The van der Waals surface area contributed by atoms with Crippen molar-refractivity contribution in [3.63, 3.8) is 0 Å². The van der Waals surface area contributed by atoms with Crippen molar-refractivity contribution in [3.05, 3.63) is 10.6 Å². The smallest absolute Gasteiger partial charge is 0.397 e. The van der Waals surface area contributed by atoms with Crippen molar-refractivity contribution in [1.29, 1.82) is 0 Å². The van der Waals surface area contributed by atoms with Crippen molar-refractivity contribution in [3.8, 4) is 0 Å². The fraction of sp³-hybridized carbons (Fsp3) is 0.643. The number of amides is 1. The van der Waals surface area contributed by atoms with Crippen LogP contribution < -0.4 is 0 Å². The molecule has 1 fully saturated rings. The van der Waals surface area contributed by atoms with Crippen LogP contribution in [0.25, 0.3) is 0 Å². The number of nitrogens with zero attached hydrogens (tertiary/aromatic N) is 2. The van der Waals surface area contributed by atoms with Crippen LogP contribution in [0.15, 0.2) is 15.6 Å². The van der Waals surface area contributed by atoms with Gasteiger partial charge in [0.15, 0.2) is 5.90 Å². The van der Waals surface area contributed by atoms with Gasteiger partial charge in [0.2, 0.25) is 5.91 Å². The Morgan fingerprint density at radius 2 is 2.15 bits per heavy atom. The lowest BCUT2D eigenvalue weighted by Gasteiger charge is -2.45. The van der Waals surface area contributed by atoms with E-state index >= 15 is 0 Å². The van der Waals surface area contributed by atoms with Crippen LogP contribution in [-0.4, -0.2) is 72.3 Å². The molecule has 2 N–H and O–H groups in total. The molecule has 0 aromatic rings. The predicted molar refractivity (Wildman–Crippen MR) is 92.9 cm³/mol. The third-order valence-corrected chi connectivity index (χ3v) is 5.79. The molecule has 0 radical (unpaired) electrons. The molecule has 2 rings (SSSR count). The van der Waals surface area contributed by atoms with Gasteiger partial charge in [-0.1, -0.05) is 0 Å². The summed E-state index contributed by atoms with van der Waals surface area (Å²) < 4.78 is 39.9. The molecule has 0 aromatic carbocycles. The van der Waals surface area contributed by atoms with Gasteiger partial charge in [-0.15, -0.1) is 11.8 Å². The zero-order chi connectivity index (χ0) is 19.6. The summed E-state index contributed by atoms with van der Waals surface area (Å²) in [4.78, 5) is 29.7. The second-order valence-electron chi connectivity index (χ2n) is 5.76. The van der Waals surface area contributed by atoms with E-state index in [1.54, 1.807) is 6.92 Å². The van der Waals surface area contributed by atoms with E-state index in [-0.39, 0.29) is 12.1 Å². The Labute approximate surface area is 155 Å². The van der Waals surface area contributed by atoms with E-state index < -0.39 is 40.3 Å². The number of carbonyl (C=O) groups excluding carboxylic acids is 1. The number of carboxylic acid groups (broad SMARTS) is 1. The highest BCUT2D eigenvalue weighted by atomic mass is 32.3. The van der Waals surface area contributed by atoms with Gasteiger partial charge in [-0.05, 0) is 6.92 Å². The lowest BCUT2D eigenvalue weighted by atomic mass is 9.83. The summed E-state index contributed by atoms with van der Waals surface area (Å²) >= 11 is 1.28. The average Bonchev–Trinajstić information content (AvgIpc) is 2.84. The zero-order valence-corrected chi connectivity index (χ0v) is 16.0. The summed E-state index contributed by atoms with van der Waals surface area (Å²) in [5.74, 6) is -1.57. The molecule has 0 unspecified atom stereocenters. The van der Waals surface area contributed by atoms with Crippen molar-refractivity contribution in [2.45, 2.75) is 32.4 Å². The molecule has 2 aliphatic rings. The van der Waals surface area contributed by atoms with Crippen molar-refractivity contribution < 1.29 is 36.6 Å². The standard InChI is InChI=1S/C14H20N2O8S2/c1-7(24-26(20,21)22)11-9-6-10(25-5-4-15-8(2)23-3)12(14(18)19)16(9)13(11)17/h7,9,11H,4-6H2,1-3H3,(H,18,19)(H,20,21,22)/t7-,9+,11-/m0/s1. The van der Waals surface area contributed by atoms with Crippen LogP contribution >= 0.6 is 11.8 Å². The maximum atomic E-state index is 12.3. The van der Waals surface area contributed by atoms with Gasteiger partial charge < -0.3 is 14.7 Å². The topological polar surface area (TPSA) is 143 Å². The fourth-order valence-electron chi connectivity index (χ4n) is 3.03. The summed E-state index contributed by atoms with van der Waals surface area (Å²) in [6.07, 6.45) is -0.804. The van der Waals surface area contributed by atoms with E-state index in [2.05, 4.69) is 9.18 Å². The number of ether oxygens (including phenoxy) is 1. The number of hydrogen-bond acceptors (Lipinski definition) is 8. The quantitative estimate of drug-likeness (QED) is 0.193. The number of hydrogen-bond donors (Lipinski definition) is 2. The second-order valence-corrected chi connectivity index (χ2v) is 8.00. The van der Waals surface area contributed by atoms with E-state index in [4.69, 9.17) is 9.29 Å². The molecule has 1 amide bonds. The summed E-state index contributed by atoms with van der Waals surface area (Å²) in [6, 6.07) is -0.503. The van der Waals surface area contributed by atoms with E-state index in [9.17, 15) is 23.1 Å². The number of rotatable bonds is 8. The molecule has 3 atom stereocenters. The molecule has 1 saturated heterocycles. The minimum absolute atomic E-state index is 0.0900. The molecule has 0 bridgehead atoms. The van der Waals surface area contributed by atoms with Gasteiger partial charge in [0, 0.05) is 24.0 Å². The Balaban J connectivity index is 2.08. The number of aliphatic imine (C=N–C) groups is 1. The molecule has 0 saturated carbocycles. The van der Waals surface area contributed by atoms with Crippen LogP contribution in [0.2, 0.25) is 0 Å². The molecule has 10 nitrogen and oxygen atoms in total. The molecule has 0 aliphatic carbocycles. The van der Waals surface area contributed by atoms with Gasteiger partial charge in [-0.2, -0.15) is 8.42 Å². The zero-order valence-electron chi connectivity index (χ0n) is 14.4. The van der Waals surface area contributed by atoms with Crippen molar-refractivity contribution in [2.24, 2.45) is 10.9 Å².